The first-order valence-corrected chi connectivity index (χ1v) is 12.1. The SMILES string of the molecule is CN1C(=O)/C(=C\c2cc(-c3ccccc3)n(-c3ccc(Br)cc3)c2-c2ccccc2)C(=O)NC1=S. The summed E-state index contributed by atoms with van der Waals surface area (Å²) >= 11 is 8.63. The Bertz CT molecular complexity index is 1480. The Balaban J connectivity index is 1.83. The molecule has 2 amide bonds. The van der Waals surface area contributed by atoms with Gasteiger partial charge >= 0.3 is 0 Å². The molecule has 3 aromatic carbocycles. The molecule has 0 unspecified atom stereocenters. The van der Waals surface area contributed by atoms with E-state index in [1.165, 1.54) is 4.90 Å². The molecule has 0 spiro atoms. The Kier molecular flexibility index (Phi) is 6.19. The number of halogens is 1. The molecule has 0 bridgehead atoms. The number of nitrogens with zero attached hydrogens (tertiary/aromatic N) is 2. The van der Waals surface area contributed by atoms with Crippen molar-refractivity contribution in [3.05, 3.63) is 107 Å². The quantitative estimate of drug-likeness (QED) is 0.201. The number of nitrogens with one attached hydrogen (secondary N) is 1. The molecule has 0 aliphatic carbocycles. The van der Waals surface area contributed by atoms with Gasteiger partial charge in [0, 0.05) is 22.8 Å². The summed E-state index contributed by atoms with van der Waals surface area (Å²) in [5.41, 5.74) is 5.51. The third kappa shape index (κ3) is 4.36. The molecule has 4 aromatic rings. The van der Waals surface area contributed by atoms with Crippen LogP contribution in [0.2, 0.25) is 0 Å². The standard InChI is InChI=1S/C28H20BrN3O2S/c1-31-27(34)23(26(33)30-28(31)35)16-20-17-24(18-8-4-2-5-9-18)32(22-14-12-21(29)13-15-22)25(20)19-10-6-3-7-11-19/h2-17H,1H3,(H,30,33,35)/b23-16-. The van der Waals surface area contributed by atoms with Gasteiger partial charge in [0.25, 0.3) is 11.8 Å². The third-order valence-electron chi connectivity index (χ3n) is 5.84. The van der Waals surface area contributed by atoms with Crippen molar-refractivity contribution in [2.24, 2.45) is 0 Å². The van der Waals surface area contributed by atoms with Gasteiger partial charge in [-0.05, 0) is 59.8 Å². The lowest BCUT2D eigenvalue weighted by Crippen LogP contribution is -2.52. The van der Waals surface area contributed by atoms with E-state index in [1.807, 2.05) is 91.0 Å². The van der Waals surface area contributed by atoms with Crippen LogP contribution in [0.4, 0.5) is 0 Å². The minimum Gasteiger partial charge on any atom is -0.309 e. The molecule has 1 aliphatic heterocycles. The van der Waals surface area contributed by atoms with Crippen molar-refractivity contribution < 1.29 is 9.59 Å². The highest BCUT2D eigenvalue weighted by Crippen LogP contribution is 2.37. The number of likely N-dealkylation sites (N-methyl/N-ethyl adjacent to an activating group) is 1. The summed E-state index contributed by atoms with van der Waals surface area (Å²) in [6.07, 6.45) is 1.65. The summed E-state index contributed by atoms with van der Waals surface area (Å²) < 4.78 is 3.13. The number of thiocarbonyl (C=S) groups is 1. The van der Waals surface area contributed by atoms with E-state index in [0.29, 0.717) is 0 Å². The zero-order valence-electron chi connectivity index (χ0n) is 18.7. The third-order valence-corrected chi connectivity index (χ3v) is 6.74. The molecule has 1 saturated heterocycles. The second-order valence-electron chi connectivity index (χ2n) is 8.06. The fourth-order valence-corrected chi connectivity index (χ4v) is 4.55. The average molecular weight is 542 g/mol. The van der Waals surface area contributed by atoms with Gasteiger partial charge in [0.2, 0.25) is 0 Å². The van der Waals surface area contributed by atoms with Crippen molar-refractivity contribution in [2.75, 3.05) is 7.05 Å². The van der Waals surface area contributed by atoms with Crippen molar-refractivity contribution in [3.63, 3.8) is 0 Å². The van der Waals surface area contributed by atoms with Crippen LogP contribution < -0.4 is 5.32 Å². The van der Waals surface area contributed by atoms with Gasteiger partial charge in [-0.2, -0.15) is 0 Å². The van der Waals surface area contributed by atoms with Crippen LogP contribution in [0.15, 0.2) is 101 Å². The highest BCUT2D eigenvalue weighted by atomic mass is 79.9. The lowest BCUT2D eigenvalue weighted by molar-refractivity contribution is -0.128. The fraction of sp³-hybridized carbons (Fsp3) is 0.0357. The fourth-order valence-electron chi connectivity index (χ4n) is 4.11. The number of aromatic nitrogens is 1. The largest absolute Gasteiger partial charge is 0.309 e. The molecule has 1 aliphatic rings. The van der Waals surface area contributed by atoms with Crippen molar-refractivity contribution in [1.82, 2.24) is 14.8 Å². The van der Waals surface area contributed by atoms with E-state index >= 15 is 0 Å². The second-order valence-corrected chi connectivity index (χ2v) is 9.36. The number of amides is 2. The van der Waals surface area contributed by atoms with Crippen molar-refractivity contribution in [3.8, 4) is 28.2 Å². The first kappa shape index (κ1) is 23.0. The van der Waals surface area contributed by atoms with Crippen molar-refractivity contribution in [1.29, 1.82) is 0 Å². The number of hydrogen-bond acceptors (Lipinski definition) is 3. The van der Waals surface area contributed by atoms with Crippen LogP contribution in [0, 0.1) is 0 Å². The van der Waals surface area contributed by atoms with E-state index in [1.54, 1.807) is 13.1 Å². The number of carbonyl (C=O) groups excluding carboxylic acids is 2. The van der Waals surface area contributed by atoms with Gasteiger partial charge in [-0.25, -0.2) is 0 Å². The molecule has 5 nitrogen and oxygen atoms in total. The molecule has 2 heterocycles. The normalized spacial score (nSPS) is 15.0. The zero-order chi connectivity index (χ0) is 24.5. The van der Waals surface area contributed by atoms with E-state index in [0.717, 1.165) is 38.2 Å². The highest BCUT2D eigenvalue weighted by Gasteiger charge is 2.31. The van der Waals surface area contributed by atoms with Crippen LogP contribution in [0.3, 0.4) is 0 Å². The van der Waals surface area contributed by atoms with Gasteiger partial charge in [0.1, 0.15) is 5.57 Å². The van der Waals surface area contributed by atoms with E-state index in [2.05, 4.69) is 25.8 Å². The predicted molar refractivity (Wildman–Crippen MR) is 146 cm³/mol. The molecule has 1 aromatic heterocycles. The van der Waals surface area contributed by atoms with E-state index in [-0.39, 0.29) is 10.7 Å². The van der Waals surface area contributed by atoms with Gasteiger partial charge in [0.05, 0.1) is 11.4 Å². The highest BCUT2D eigenvalue weighted by molar-refractivity contribution is 9.10. The van der Waals surface area contributed by atoms with Crippen LogP contribution in [0.5, 0.6) is 0 Å². The molecule has 0 radical (unpaired) electrons. The first-order valence-electron chi connectivity index (χ1n) is 10.9. The zero-order valence-corrected chi connectivity index (χ0v) is 21.1. The first-order chi connectivity index (χ1) is 16.9. The minimum atomic E-state index is -0.505. The molecule has 0 atom stereocenters. The maximum Gasteiger partial charge on any atom is 0.265 e. The molecular formula is C28H20BrN3O2S. The van der Waals surface area contributed by atoms with Crippen molar-refractivity contribution >= 4 is 51.2 Å². The number of carbonyl (C=O) groups is 2. The summed E-state index contributed by atoms with van der Waals surface area (Å²) in [6, 6.07) is 30.0. The maximum atomic E-state index is 13.0. The summed E-state index contributed by atoms with van der Waals surface area (Å²) in [4.78, 5) is 27.0. The second kappa shape index (κ2) is 9.44. The topological polar surface area (TPSA) is 54.3 Å². The lowest BCUT2D eigenvalue weighted by Gasteiger charge is -2.25. The van der Waals surface area contributed by atoms with Crippen LogP contribution in [-0.4, -0.2) is 33.4 Å². The monoisotopic (exact) mass is 541 g/mol. The lowest BCUT2D eigenvalue weighted by atomic mass is 10.0. The van der Waals surface area contributed by atoms with Gasteiger partial charge in [0.15, 0.2) is 5.11 Å². The van der Waals surface area contributed by atoms with Crippen LogP contribution in [0.25, 0.3) is 34.3 Å². The minimum absolute atomic E-state index is 0.0332. The molecule has 172 valence electrons. The van der Waals surface area contributed by atoms with Crippen LogP contribution >= 0.6 is 28.1 Å². The Morgan fingerprint density at radius 2 is 1.46 bits per heavy atom. The summed E-state index contributed by atoms with van der Waals surface area (Å²) in [6.45, 7) is 0. The molecule has 0 saturated carbocycles. The van der Waals surface area contributed by atoms with Crippen LogP contribution in [-0.2, 0) is 9.59 Å². The van der Waals surface area contributed by atoms with Gasteiger partial charge < -0.3 is 4.57 Å². The Morgan fingerprint density at radius 1 is 0.857 bits per heavy atom. The molecule has 35 heavy (non-hydrogen) atoms. The Hall–Kier alpha value is -3.81. The summed E-state index contributed by atoms with van der Waals surface area (Å²) in [7, 11) is 1.55. The number of benzene rings is 3. The molecule has 5 rings (SSSR count). The molecule has 7 heteroatoms. The predicted octanol–water partition coefficient (Wildman–Crippen LogP) is 5.83. The Labute approximate surface area is 216 Å². The summed E-state index contributed by atoms with van der Waals surface area (Å²) in [5.74, 6) is -0.940. The summed E-state index contributed by atoms with van der Waals surface area (Å²) in [5, 5.41) is 2.69. The maximum absolute atomic E-state index is 13.0. The molecule has 1 N–H and O–H groups in total. The Morgan fingerprint density at radius 3 is 2.09 bits per heavy atom. The number of rotatable bonds is 4. The van der Waals surface area contributed by atoms with Crippen molar-refractivity contribution in [2.45, 2.75) is 0 Å². The van der Waals surface area contributed by atoms with Gasteiger partial charge in [-0.3, -0.25) is 19.8 Å². The van der Waals surface area contributed by atoms with Crippen LogP contribution in [0.1, 0.15) is 5.56 Å². The van der Waals surface area contributed by atoms with Gasteiger partial charge in [-0.15, -0.1) is 0 Å². The van der Waals surface area contributed by atoms with E-state index in [4.69, 9.17) is 12.2 Å². The van der Waals surface area contributed by atoms with Gasteiger partial charge in [-0.1, -0.05) is 76.6 Å². The van der Waals surface area contributed by atoms with E-state index in [9.17, 15) is 9.59 Å². The molecule has 1 fully saturated rings. The average Bonchev–Trinajstić information content (AvgIpc) is 3.26. The van der Waals surface area contributed by atoms with E-state index < -0.39 is 11.8 Å². The number of hydrogen-bond donors (Lipinski definition) is 1. The molecular weight excluding hydrogens is 522 g/mol. The smallest absolute Gasteiger partial charge is 0.265 e.